The molecule has 0 unspecified atom stereocenters. The first kappa shape index (κ1) is 15.4. The molecule has 6 nitrogen and oxygen atoms in total. The molecule has 0 spiro atoms. The molecule has 0 aliphatic heterocycles. The molecule has 0 saturated carbocycles. The predicted molar refractivity (Wildman–Crippen MR) is 73.7 cm³/mol. The fraction of sp³-hybridized carbons (Fsp3) is 0.500. The van der Waals surface area contributed by atoms with Gasteiger partial charge in [0.25, 0.3) is 0 Å². The van der Waals surface area contributed by atoms with Crippen LogP contribution >= 0.6 is 11.6 Å². The highest BCUT2D eigenvalue weighted by Crippen LogP contribution is 2.21. The van der Waals surface area contributed by atoms with Crippen LogP contribution in [0, 0.1) is 6.92 Å². The normalized spacial score (nSPS) is 10.4. The molecule has 19 heavy (non-hydrogen) atoms. The van der Waals surface area contributed by atoms with Crippen LogP contribution in [0.15, 0.2) is 0 Å². The summed E-state index contributed by atoms with van der Waals surface area (Å²) in [6.07, 6.45) is 0.591. The van der Waals surface area contributed by atoms with Crippen molar-refractivity contribution in [1.82, 2.24) is 15.3 Å². The van der Waals surface area contributed by atoms with Crippen molar-refractivity contribution >= 4 is 29.6 Å². The van der Waals surface area contributed by atoms with E-state index in [1.54, 1.807) is 18.9 Å². The Morgan fingerprint density at radius 2 is 2.11 bits per heavy atom. The average molecular weight is 285 g/mol. The van der Waals surface area contributed by atoms with Gasteiger partial charge in [0, 0.05) is 13.1 Å². The van der Waals surface area contributed by atoms with Crippen molar-refractivity contribution in [3.63, 3.8) is 0 Å². The molecule has 0 bridgehead atoms. The zero-order valence-electron chi connectivity index (χ0n) is 11.4. The first-order chi connectivity index (χ1) is 8.85. The summed E-state index contributed by atoms with van der Waals surface area (Å²) in [4.78, 5) is 32.4. The van der Waals surface area contributed by atoms with Crippen LogP contribution in [0.3, 0.4) is 0 Å². The standard InChI is InChI=1S/C12H17ClN4O2/c1-7(2)14-10(19)5-17(4)12-9(6-18)11(13)15-8(3)16-12/h6-7H,5H2,1-4H3,(H,14,19). The third kappa shape index (κ3) is 4.17. The lowest BCUT2D eigenvalue weighted by molar-refractivity contribution is -0.120. The van der Waals surface area contributed by atoms with Crippen LogP contribution in [0.4, 0.5) is 5.82 Å². The van der Waals surface area contributed by atoms with Gasteiger partial charge in [-0.1, -0.05) is 11.6 Å². The molecule has 0 atom stereocenters. The van der Waals surface area contributed by atoms with Crippen molar-refractivity contribution in [2.75, 3.05) is 18.5 Å². The van der Waals surface area contributed by atoms with Crippen molar-refractivity contribution in [3.05, 3.63) is 16.5 Å². The van der Waals surface area contributed by atoms with Crippen molar-refractivity contribution in [1.29, 1.82) is 0 Å². The number of carbonyl (C=O) groups excluding carboxylic acids is 2. The molecule has 104 valence electrons. The Bertz CT molecular complexity index is 491. The maximum Gasteiger partial charge on any atom is 0.239 e. The van der Waals surface area contributed by atoms with Gasteiger partial charge in [0.05, 0.1) is 12.1 Å². The van der Waals surface area contributed by atoms with Crippen LogP contribution in [0.2, 0.25) is 5.15 Å². The van der Waals surface area contributed by atoms with E-state index < -0.39 is 0 Å². The minimum atomic E-state index is -0.151. The number of halogens is 1. The molecular formula is C12H17ClN4O2. The maximum absolute atomic E-state index is 11.7. The summed E-state index contributed by atoms with van der Waals surface area (Å²) in [5, 5.41) is 2.86. The molecule has 0 aliphatic carbocycles. The predicted octanol–water partition coefficient (Wildman–Crippen LogP) is 1.21. The first-order valence-electron chi connectivity index (χ1n) is 5.85. The first-order valence-corrected chi connectivity index (χ1v) is 6.22. The maximum atomic E-state index is 11.7. The number of nitrogens with zero attached hydrogens (tertiary/aromatic N) is 3. The van der Waals surface area contributed by atoms with E-state index in [1.165, 1.54) is 0 Å². The third-order valence-electron chi connectivity index (χ3n) is 2.30. The average Bonchev–Trinajstić information content (AvgIpc) is 2.26. The van der Waals surface area contributed by atoms with Crippen LogP contribution in [-0.2, 0) is 4.79 Å². The van der Waals surface area contributed by atoms with Crippen molar-refractivity contribution in [2.24, 2.45) is 0 Å². The molecule has 0 fully saturated rings. The summed E-state index contributed by atoms with van der Waals surface area (Å²) in [7, 11) is 1.67. The zero-order valence-corrected chi connectivity index (χ0v) is 12.2. The second-order valence-corrected chi connectivity index (χ2v) is 4.85. The van der Waals surface area contributed by atoms with E-state index in [2.05, 4.69) is 15.3 Å². The second kappa shape index (κ2) is 6.47. The number of hydrogen-bond acceptors (Lipinski definition) is 5. The Balaban J connectivity index is 2.96. The number of aryl methyl sites for hydroxylation is 1. The number of likely N-dealkylation sites (N-methyl/N-ethyl adjacent to an activating group) is 1. The van der Waals surface area contributed by atoms with Gasteiger partial charge in [0.15, 0.2) is 6.29 Å². The van der Waals surface area contributed by atoms with Gasteiger partial charge in [-0.3, -0.25) is 9.59 Å². The van der Waals surface area contributed by atoms with Crippen molar-refractivity contribution in [3.8, 4) is 0 Å². The topological polar surface area (TPSA) is 75.2 Å². The van der Waals surface area contributed by atoms with E-state index >= 15 is 0 Å². The minimum Gasteiger partial charge on any atom is -0.352 e. The Hall–Kier alpha value is -1.69. The zero-order chi connectivity index (χ0) is 14.6. The number of rotatable bonds is 5. The number of aromatic nitrogens is 2. The number of nitrogens with one attached hydrogen (secondary N) is 1. The molecule has 0 saturated heterocycles. The Morgan fingerprint density at radius 1 is 1.47 bits per heavy atom. The van der Waals surface area contributed by atoms with Crippen LogP contribution in [-0.4, -0.2) is 41.8 Å². The highest BCUT2D eigenvalue weighted by atomic mass is 35.5. The van der Waals surface area contributed by atoms with E-state index in [9.17, 15) is 9.59 Å². The number of carbonyl (C=O) groups is 2. The van der Waals surface area contributed by atoms with E-state index in [1.807, 2.05) is 13.8 Å². The molecule has 0 aliphatic rings. The van der Waals surface area contributed by atoms with Gasteiger partial charge in [-0.25, -0.2) is 9.97 Å². The minimum absolute atomic E-state index is 0.0576. The number of hydrogen-bond donors (Lipinski definition) is 1. The van der Waals surface area contributed by atoms with Gasteiger partial charge in [-0.15, -0.1) is 0 Å². The number of aldehydes is 1. The lowest BCUT2D eigenvalue weighted by atomic mass is 10.3. The summed E-state index contributed by atoms with van der Waals surface area (Å²) >= 11 is 5.89. The molecule has 1 rings (SSSR count). The molecule has 1 heterocycles. The van der Waals surface area contributed by atoms with Crippen LogP contribution in [0.5, 0.6) is 0 Å². The summed E-state index contributed by atoms with van der Waals surface area (Å²) in [5.41, 5.74) is 0.187. The van der Waals surface area contributed by atoms with Gasteiger partial charge >= 0.3 is 0 Å². The monoisotopic (exact) mass is 284 g/mol. The summed E-state index contributed by atoms with van der Waals surface area (Å²) in [6.45, 7) is 5.51. The highest BCUT2D eigenvalue weighted by Gasteiger charge is 2.17. The van der Waals surface area contributed by atoms with Crippen LogP contribution < -0.4 is 10.2 Å². The summed E-state index contributed by atoms with van der Waals surface area (Å²) < 4.78 is 0. The van der Waals surface area contributed by atoms with E-state index in [-0.39, 0.29) is 29.2 Å². The quantitative estimate of drug-likeness (QED) is 0.650. The summed E-state index contributed by atoms with van der Waals surface area (Å²) in [6, 6.07) is 0.0576. The lowest BCUT2D eigenvalue weighted by Crippen LogP contribution is -2.39. The smallest absolute Gasteiger partial charge is 0.239 e. The molecule has 1 amide bonds. The van der Waals surface area contributed by atoms with Crippen molar-refractivity contribution < 1.29 is 9.59 Å². The molecule has 1 N–H and O–H groups in total. The SMILES string of the molecule is Cc1nc(Cl)c(C=O)c(N(C)CC(=O)NC(C)C)n1. The molecule has 1 aromatic rings. The molecule has 1 aromatic heterocycles. The molecule has 7 heteroatoms. The Morgan fingerprint density at radius 3 is 2.63 bits per heavy atom. The van der Waals surface area contributed by atoms with Crippen LogP contribution in [0.25, 0.3) is 0 Å². The van der Waals surface area contributed by atoms with E-state index in [0.717, 1.165) is 0 Å². The number of amides is 1. The third-order valence-corrected chi connectivity index (χ3v) is 2.59. The van der Waals surface area contributed by atoms with Gasteiger partial charge < -0.3 is 10.2 Å². The van der Waals surface area contributed by atoms with Gasteiger partial charge in [-0.2, -0.15) is 0 Å². The highest BCUT2D eigenvalue weighted by molar-refractivity contribution is 6.32. The second-order valence-electron chi connectivity index (χ2n) is 4.50. The van der Waals surface area contributed by atoms with Crippen LogP contribution in [0.1, 0.15) is 30.0 Å². The fourth-order valence-electron chi connectivity index (χ4n) is 1.58. The Labute approximate surface area is 117 Å². The van der Waals surface area contributed by atoms with Gasteiger partial charge in [0.2, 0.25) is 5.91 Å². The summed E-state index contributed by atoms with van der Waals surface area (Å²) in [5.74, 6) is 0.648. The Kier molecular flexibility index (Phi) is 5.23. The molecule has 0 aromatic carbocycles. The van der Waals surface area contributed by atoms with Gasteiger partial charge in [0.1, 0.15) is 16.8 Å². The number of anilines is 1. The van der Waals surface area contributed by atoms with E-state index in [4.69, 9.17) is 11.6 Å². The fourth-order valence-corrected chi connectivity index (χ4v) is 1.83. The molecule has 0 radical (unpaired) electrons. The van der Waals surface area contributed by atoms with Gasteiger partial charge in [-0.05, 0) is 20.8 Å². The lowest BCUT2D eigenvalue weighted by Gasteiger charge is -2.20. The van der Waals surface area contributed by atoms with Crippen molar-refractivity contribution in [2.45, 2.75) is 26.8 Å². The largest absolute Gasteiger partial charge is 0.352 e. The molecular weight excluding hydrogens is 268 g/mol. The van der Waals surface area contributed by atoms with E-state index in [0.29, 0.717) is 17.9 Å².